The van der Waals surface area contributed by atoms with Gasteiger partial charge in [0.05, 0.1) is 17.4 Å². The van der Waals surface area contributed by atoms with Gasteiger partial charge in [-0.2, -0.15) is 0 Å². The fourth-order valence-corrected chi connectivity index (χ4v) is 4.61. The summed E-state index contributed by atoms with van der Waals surface area (Å²) in [6, 6.07) is 6.05. The first-order valence-corrected chi connectivity index (χ1v) is 9.23. The highest BCUT2D eigenvalue weighted by molar-refractivity contribution is 6.00. The molecule has 1 spiro atoms. The Labute approximate surface area is 167 Å². The van der Waals surface area contributed by atoms with Crippen LogP contribution >= 0.6 is 24.8 Å². The average Bonchev–Trinajstić information content (AvgIpc) is 2.63. The number of nitrogens with one attached hydrogen (secondary N) is 2. The van der Waals surface area contributed by atoms with E-state index in [1.54, 1.807) is 0 Å². The highest BCUT2D eigenvalue weighted by atomic mass is 35.5. The molecule has 0 unspecified atom stereocenters. The SMILES string of the molecule is Cl.Cl.O=C(c1cccc2c1NCCC2)N1CCC[C@]2(CNCC[C@@H]2O)C1. The van der Waals surface area contributed by atoms with Gasteiger partial charge in [-0.05, 0) is 50.3 Å². The van der Waals surface area contributed by atoms with Crippen LogP contribution in [0.1, 0.15) is 41.6 Å². The van der Waals surface area contributed by atoms with E-state index in [4.69, 9.17) is 0 Å². The summed E-state index contributed by atoms with van der Waals surface area (Å²) in [4.78, 5) is 15.2. The number of carbonyl (C=O) groups excluding carboxylic acids is 1. The molecule has 3 aliphatic heterocycles. The number of carbonyl (C=O) groups is 1. The third-order valence-electron chi connectivity index (χ3n) is 5.98. The van der Waals surface area contributed by atoms with E-state index in [1.165, 1.54) is 5.56 Å². The van der Waals surface area contributed by atoms with Crippen LogP contribution in [0.4, 0.5) is 5.69 Å². The van der Waals surface area contributed by atoms with Crippen molar-refractivity contribution < 1.29 is 9.90 Å². The summed E-state index contributed by atoms with van der Waals surface area (Å²) in [7, 11) is 0. The van der Waals surface area contributed by atoms with Gasteiger partial charge in [-0.3, -0.25) is 4.79 Å². The quantitative estimate of drug-likeness (QED) is 0.676. The van der Waals surface area contributed by atoms with Crippen LogP contribution in [0.15, 0.2) is 18.2 Å². The zero-order chi connectivity index (χ0) is 16.6. The number of nitrogens with zero attached hydrogens (tertiary/aromatic N) is 1. The van der Waals surface area contributed by atoms with E-state index in [1.807, 2.05) is 17.0 Å². The van der Waals surface area contributed by atoms with E-state index in [9.17, 15) is 9.90 Å². The smallest absolute Gasteiger partial charge is 0.255 e. The minimum absolute atomic E-state index is 0. The summed E-state index contributed by atoms with van der Waals surface area (Å²) in [6.45, 7) is 4.06. The number of fused-ring (bicyclic) bond motifs is 1. The van der Waals surface area contributed by atoms with Crippen LogP contribution in [0.3, 0.4) is 0 Å². The van der Waals surface area contributed by atoms with Crippen molar-refractivity contribution in [2.75, 3.05) is 38.0 Å². The predicted octanol–water partition coefficient (Wildman–Crippen LogP) is 2.46. The van der Waals surface area contributed by atoms with Crippen molar-refractivity contribution in [1.82, 2.24) is 10.2 Å². The largest absolute Gasteiger partial charge is 0.392 e. The van der Waals surface area contributed by atoms with Gasteiger partial charge in [0, 0.05) is 31.6 Å². The summed E-state index contributed by atoms with van der Waals surface area (Å²) in [5, 5.41) is 17.4. The highest BCUT2D eigenvalue weighted by Crippen LogP contribution is 2.37. The van der Waals surface area contributed by atoms with E-state index in [0.29, 0.717) is 6.54 Å². The maximum atomic E-state index is 13.2. The number of hydrogen-bond donors (Lipinski definition) is 3. The number of hydrogen-bond acceptors (Lipinski definition) is 4. The maximum absolute atomic E-state index is 13.2. The zero-order valence-corrected chi connectivity index (χ0v) is 16.6. The number of amides is 1. The molecule has 0 bridgehead atoms. The predicted molar refractivity (Wildman–Crippen MR) is 109 cm³/mol. The molecule has 3 heterocycles. The Morgan fingerprint density at radius 2 is 2.08 bits per heavy atom. The van der Waals surface area contributed by atoms with Crippen LogP contribution in [0.2, 0.25) is 0 Å². The fraction of sp³-hybridized carbons (Fsp3) is 0.632. The molecule has 4 rings (SSSR count). The molecule has 1 amide bonds. The van der Waals surface area contributed by atoms with Crippen molar-refractivity contribution in [2.45, 2.75) is 38.2 Å². The third-order valence-corrected chi connectivity index (χ3v) is 5.98. The number of anilines is 1. The van der Waals surface area contributed by atoms with Crippen LogP contribution in [-0.4, -0.2) is 54.7 Å². The first kappa shape index (κ1) is 21.3. The van der Waals surface area contributed by atoms with Crippen molar-refractivity contribution >= 4 is 36.4 Å². The molecule has 3 N–H and O–H groups in total. The molecular formula is C19H29Cl2N3O2. The van der Waals surface area contributed by atoms with Gasteiger partial charge >= 0.3 is 0 Å². The molecule has 2 saturated heterocycles. The Morgan fingerprint density at radius 1 is 1.23 bits per heavy atom. The molecule has 0 aliphatic carbocycles. The van der Waals surface area contributed by atoms with E-state index < -0.39 is 0 Å². The molecular weight excluding hydrogens is 373 g/mol. The minimum Gasteiger partial charge on any atom is -0.392 e. The van der Waals surface area contributed by atoms with Crippen LogP contribution in [-0.2, 0) is 6.42 Å². The zero-order valence-electron chi connectivity index (χ0n) is 15.0. The normalized spacial score (nSPS) is 27.6. The number of aliphatic hydroxyl groups is 1. The van der Waals surface area contributed by atoms with Crippen molar-refractivity contribution in [1.29, 1.82) is 0 Å². The number of halogens is 2. The van der Waals surface area contributed by atoms with Gasteiger partial charge in [0.2, 0.25) is 0 Å². The van der Waals surface area contributed by atoms with E-state index in [2.05, 4.69) is 16.7 Å². The molecule has 26 heavy (non-hydrogen) atoms. The van der Waals surface area contributed by atoms with E-state index in [0.717, 1.165) is 69.5 Å². The Morgan fingerprint density at radius 3 is 2.88 bits per heavy atom. The van der Waals surface area contributed by atoms with Gasteiger partial charge in [-0.1, -0.05) is 12.1 Å². The van der Waals surface area contributed by atoms with Gasteiger partial charge in [0.15, 0.2) is 0 Å². The second kappa shape index (κ2) is 8.79. The monoisotopic (exact) mass is 401 g/mol. The summed E-state index contributed by atoms with van der Waals surface area (Å²) >= 11 is 0. The lowest BCUT2D eigenvalue weighted by atomic mass is 9.72. The van der Waals surface area contributed by atoms with Crippen LogP contribution < -0.4 is 10.6 Å². The molecule has 7 heteroatoms. The van der Waals surface area contributed by atoms with E-state index >= 15 is 0 Å². The minimum atomic E-state index is -0.308. The van der Waals surface area contributed by atoms with Crippen LogP contribution in [0, 0.1) is 5.41 Å². The van der Waals surface area contributed by atoms with Gasteiger partial charge in [0.1, 0.15) is 0 Å². The van der Waals surface area contributed by atoms with Crippen LogP contribution in [0.25, 0.3) is 0 Å². The molecule has 0 aromatic heterocycles. The second-order valence-electron chi connectivity index (χ2n) is 7.54. The second-order valence-corrected chi connectivity index (χ2v) is 7.54. The number of rotatable bonds is 1. The summed E-state index contributed by atoms with van der Waals surface area (Å²) in [5.74, 6) is 0.109. The number of likely N-dealkylation sites (tertiary alicyclic amines) is 1. The molecule has 0 radical (unpaired) electrons. The number of para-hydroxylation sites is 1. The molecule has 3 aliphatic rings. The van der Waals surface area contributed by atoms with Gasteiger partial charge in [0.25, 0.3) is 5.91 Å². The maximum Gasteiger partial charge on any atom is 0.255 e. The summed E-state index contributed by atoms with van der Waals surface area (Å²) in [6.07, 6.45) is 4.59. The number of aryl methyl sites for hydroxylation is 1. The molecule has 1 aromatic rings. The summed E-state index contributed by atoms with van der Waals surface area (Å²) < 4.78 is 0. The Kier molecular flexibility index (Phi) is 7.19. The first-order valence-electron chi connectivity index (χ1n) is 9.23. The van der Waals surface area contributed by atoms with Crippen molar-refractivity contribution in [3.63, 3.8) is 0 Å². The molecule has 2 atom stereocenters. The topological polar surface area (TPSA) is 64.6 Å². The molecule has 1 aromatic carbocycles. The number of benzene rings is 1. The van der Waals surface area contributed by atoms with Crippen LogP contribution in [0.5, 0.6) is 0 Å². The lowest BCUT2D eigenvalue weighted by Crippen LogP contribution is -2.58. The van der Waals surface area contributed by atoms with E-state index in [-0.39, 0.29) is 42.2 Å². The molecule has 146 valence electrons. The van der Waals surface area contributed by atoms with Crippen molar-refractivity contribution in [3.05, 3.63) is 29.3 Å². The van der Waals surface area contributed by atoms with Crippen molar-refractivity contribution in [3.8, 4) is 0 Å². The molecule has 0 saturated carbocycles. The Balaban J connectivity index is 0.00000121. The van der Waals surface area contributed by atoms with Gasteiger partial charge in [-0.25, -0.2) is 0 Å². The first-order chi connectivity index (χ1) is 11.7. The fourth-order valence-electron chi connectivity index (χ4n) is 4.61. The van der Waals surface area contributed by atoms with Gasteiger partial charge < -0.3 is 20.6 Å². The Hall–Kier alpha value is -1.01. The average molecular weight is 402 g/mol. The van der Waals surface area contributed by atoms with Crippen molar-refractivity contribution in [2.24, 2.45) is 5.41 Å². The molecule has 2 fully saturated rings. The summed E-state index contributed by atoms with van der Waals surface area (Å²) in [5.41, 5.74) is 2.89. The molecule has 5 nitrogen and oxygen atoms in total. The standard InChI is InChI=1S/C19H27N3O2.2ClH/c23-16-7-10-20-12-19(16)8-3-11-22(13-19)18(24)15-6-1-4-14-5-2-9-21-17(14)15;;/h1,4,6,16,20-21,23H,2-3,5,7-13H2;2*1H/t16-,19-;;/m0../s1. The highest BCUT2D eigenvalue weighted by Gasteiger charge is 2.44. The Bertz CT molecular complexity index is 639. The third kappa shape index (κ3) is 3.81. The number of aliphatic hydroxyl groups excluding tert-OH is 1. The lowest BCUT2D eigenvalue weighted by molar-refractivity contribution is -0.0432. The number of piperidine rings is 2. The lowest BCUT2D eigenvalue weighted by Gasteiger charge is -2.48. The van der Waals surface area contributed by atoms with Gasteiger partial charge in [-0.15, -0.1) is 24.8 Å².